The Morgan fingerprint density at radius 3 is 2.67 bits per heavy atom. The molecule has 2 heterocycles. The third-order valence-electron chi connectivity index (χ3n) is 4.63. The summed E-state index contributed by atoms with van der Waals surface area (Å²) in [5.41, 5.74) is 3.16. The van der Waals surface area contributed by atoms with Gasteiger partial charge in [-0.3, -0.25) is 14.7 Å². The molecule has 1 fully saturated rings. The normalized spacial score (nSPS) is 19.3. The number of aryl methyl sites for hydroxylation is 1. The van der Waals surface area contributed by atoms with E-state index in [4.69, 9.17) is 0 Å². The quantitative estimate of drug-likeness (QED) is 0.839. The lowest BCUT2D eigenvalue weighted by Gasteiger charge is -2.31. The van der Waals surface area contributed by atoms with E-state index in [-0.39, 0.29) is 6.04 Å². The predicted octanol–water partition coefficient (Wildman–Crippen LogP) is 4.04. The molecule has 3 rings (SSSR count). The van der Waals surface area contributed by atoms with Gasteiger partial charge in [0.15, 0.2) is 0 Å². The van der Waals surface area contributed by atoms with Crippen molar-refractivity contribution in [3.8, 4) is 0 Å². The van der Waals surface area contributed by atoms with Gasteiger partial charge in [-0.25, -0.2) is 0 Å². The third kappa shape index (κ3) is 3.52. The maximum Gasteiger partial charge on any atom is 0.320 e. The van der Waals surface area contributed by atoms with Crippen LogP contribution in [0.5, 0.6) is 0 Å². The van der Waals surface area contributed by atoms with Crippen molar-refractivity contribution in [3.63, 3.8) is 0 Å². The van der Waals surface area contributed by atoms with Crippen LogP contribution in [0.2, 0.25) is 0 Å². The molecule has 0 amide bonds. The fourth-order valence-electron chi connectivity index (χ4n) is 3.35. The Hall–Kier alpha value is -1.72. The molecule has 24 heavy (non-hydrogen) atoms. The van der Waals surface area contributed by atoms with Crippen LogP contribution in [0.1, 0.15) is 42.6 Å². The molecule has 4 nitrogen and oxygen atoms in total. The van der Waals surface area contributed by atoms with E-state index < -0.39 is 12.0 Å². The minimum atomic E-state index is -0.750. The summed E-state index contributed by atoms with van der Waals surface area (Å²) in [6.45, 7) is 2.87. The fraction of sp³-hybridized carbons (Fsp3) is 0.368. The van der Waals surface area contributed by atoms with Crippen molar-refractivity contribution < 1.29 is 9.90 Å². The van der Waals surface area contributed by atoms with E-state index in [1.54, 1.807) is 0 Å². The van der Waals surface area contributed by atoms with E-state index in [0.717, 1.165) is 35.1 Å². The standard InChI is InChI=1S/C19H21BrN2O2/c1-2-13-5-10-16(21-12-13)18(14-6-8-15(20)9-7-14)22-11-3-4-17(22)19(23)24/h5-10,12,17-18H,2-4,11H2,1H3,(H,23,24). The van der Waals surface area contributed by atoms with Gasteiger partial charge in [0.05, 0.1) is 11.7 Å². The largest absolute Gasteiger partial charge is 0.480 e. The first kappa shape index (κ1) is 17.1. The molecular formula is C19H21BrN2O2. The Kier molecular flexibility index (Phi) is 5.31. The number of carboxylic acid groups (broad SMARTS) is 1. The van der Waals surface area contributed by atoms with Gasteiger partial charge in [-0.2, -0.15) is 0 Å². The molecule has 0 saturated carbocycles. The van der Waals surface area contributed by atoms with Crippen molar-refractivity contribution >= 4 is 21.9 Å². The van der Waals surface area contributed by atoms with Crippen molar-refractivity contribution in [1.29, 1.82) is 0 Å². The Morgan fingerprint density at radius 2 is 2.08 bits per heavy atom. The lowest BCUT2D eigenvalue weighted by Crippen LogP contribution is -2.39. The van der Waals surface area contributed by atoms with Crippen LogP contribution in [0.4, 0.5) is 0 Å². The van der Waals surface area contributed by atoms with Gasteiger partial charge in [0.2, 0.25) is 0 Å². The summed E-state index contributed by atoms with van der Waals surface area (Å²) in [6.07, 6.45) is 4.43. The lowest BCUT2D eigenvalue weighted by atomic mass is 9.99. The molecule has 1 aliphatic rings. The van der Waals surface area contributed by atoms with Crippen molar-refractivity contribution in [2.24, 2.45) is 0 Å². The Bertz CT molecular complexity index is 700. The van der Waals surface area contributed by atoms with E-state index >= 15 is 0 Å². The highest BCUT2D eigenvalue weighted by Crippen LogP contribution is 2.34. The van der Waals surface area contributed by atoms with Crippen LogP contribution >= 0.6 is 15.9 Å². The van der Waals surface area contributed by atoms with Crippen LogP contribution in [0.15, 0.2) is 47.1 Å². The molecular weight excluding hydrogens is 368 g/mol. The van der Waals surface area contributed by atoms with E-state index in [1.165, 1.54) is 5.56 Å². The zero-order valence-electron chi connectivity index (χ0n) is 13.7. The number of hydrogen-bond donors (Lipinski definition) is 1. The van der Waals surface area contributed by atoms with Gasteiger partial charge in [0, 0.05) is 17.2 Å². The van der Waals surface area contributed by atoms with Crippen LogP contribution in [0.25, 0.3) is 0 Å². The predicted molar refractivity (Wildman–Crippen MR) is 97.0 cm³/mol. The summed E-state index contributed by atoms with van der Waals surface area (Å²) in [5.74, 6) is -0.750. The van der Waals surface area contributed by atoms with Gasteiger partial charge in [0.25, 0.3) is 0 Å². The molecule has 0 aliphatic carbocycles. The van der Waals surface area contributed by atoms with Crippen LogP contribution < -0.4 is 0 Å². The monoisotopic (exact) mass is 388 g/mol. The lowest BCUT2D eigenvalue weighted by molar-refractivity contribution is -0.142. The number of halogens is 1. The van der Waals surface area contributed by atoms with E-state index in [0.29, 0.717) is 6.42 Å². The molecule has 1 N–H and O–H groups in total. The molecule has 2 unspecified atom stereocenters. The zero-order chi connectivity index (χ0) is 17.1. The molecule has 0 bridgehead atoms. The minimum absolute atomic E-state index is 0.132. The average Bonchev–Trinajstić information content (AvgIpc) is 3.07. The number of hydrogen-bond acceptors (Lipinski definition) is 3. The molecule has 0 spiro atoms. The molecule has 5 heteroatoms. The Balaban J connectivity index is 2.02. The molecule has 126 valence electrons. The summed E-state index contributed by atoms with van der Waals surface area (Å²) in [6, 6.07) is 11.6. The Morgan fingerprint density at radius 1 is 1.33 bits per heavy atom. The van der Waals surface area contributed by atoms with Gasteiger partial charge in [-0.15, -0.1) is 0 Å². The maximum absolute atomic E-state index is 11.7. The number of nitrogens with zero attached hydrogens (tertiary/aromatic N) is 2. The van der Waals surface area contributed by atoms with Crippen LogP contribution in [-0.2, 0) is 11.2 Å². The van der Waals surface area contributed by atoms with Gasteiger partial charge >= 0.3 is 5.97 Å². The number of benzene rings is 1. The van der Waals surface area contributed by atoms with Crippen molar-refractivity contribution in [1.82, 2.24) is 9.88 Å². The number of carbonyl (C=O) groups is 1. The first-order valence-electron chi connectivity index (χ1n) is 8.29. The SMILES string of the molecule is CCc1ccc(C(c2ccc(Br)cc2)N2CCCC2C(=O)O)nc1. The third-order valence-corrected chi connectivity index (χ3v) is 5.16. The number of rotatable bonds is 5. The summed E-state index contributed by atoms with van der Waals surface area (Å²) in [4.78, 5) is 18.4. The molecule has 1 aliphatic heterocycles. The second-order valence-corrected chi connectivity index (χ2v) is 7.05. The van der Waals surface area contributed by atoms with Crippen LogP contribution in [0.3, 0.4) is 0 Å². The number of aromatic nitrogens is 1. The van der Waals surface area contributed by atoms with Gasteiger partial charge in [-0.1, -0.05) is 41.1 Å². The number of pyridine rings is 1. The van der Waals surface area contributed by atoms with Crippen LogP contribution in [0, 0.1) is 0 Å². The van der Waals surface area contributed by atoms with Gasteiger partial charge in [0.1, 0.15) is 6.04 Å². The second-order valence-electron chi connectivity index (χ2n) is 6.13. The molecule has 1 aromatic carbocycles. The van der Waals surface area contributed by atoms with Gasteiger partial charge in [-0.05, 0) is 48.6 Å². The molecule has 2 atom stereocenters. The molecule has 1 aromatic heterocycles. The topological polar surface area (TPSA) is 53.4 Å². The highest BCUT2D eigenvalue weighted by atomic mass is 79.9. The number of aliphatic carboxylic acids is 1. The van der Waals surface area contributed by atoms with Crippen molar-refractivity contribution in [3.05, 3.63) is 63.9 Å². The Labute approximate surface area is 150 Å². The summed E-state index contributed by atoms with van der Waals surface area (Å²) in [5, 5.41) is 9.58. The number of likely N-dealkylation sites (tertiary alicyclic amines) is 1. The van der Waals surface area contributed by atoms with Gasteiger partial charge < -0.3 is 5.11 Å². The highest BCUT2D eigenvalue weighted by Gasteiger charge is 2.37. The molecule has 1 saturated heterocycles. The van der Waals surface area contributed by atoms with E-state index in [1.807, 2.05) is 36.5 Å². The summed E-state index contributed by atoms with van der Waals surface area (Å²) >= 11 is 3.46. The molecule has 2 aromatic rings. The highest BCUT2D eigenvalue weighted by molar-refractivity contribution is 9.10. The average molecular weight is 389 g/mol. The first-order valence-corrected chi connectivity index (χ1v) is 9.08. The summed E-state index contributed by atoms with van der Waals surface area (Å²) in [7, 11) is 0. The smallest absolute Gasteiger partial charge is 0.320 e. The van der Waals surface area contributed by atoms with E-state index in [2.05, 4.69) is 38.8 Å². The number of carboxylic acids is 1. The zero-order valence-corrected chi connectivity index (χ0v) is 15.2. The second kappa shape index (κ2) is 7.45. The first-order chi connectivity index (χ1) is 11.6. The van der Waals surface area contributed by atoms with Crippen LogP contribution in [-0.4, -0.2) is 33.5 Å². The maximum atomic E-state index is 11.7. The summed E-state index contributed by atoms with van der Waals surface area (Å²) < 4.78 is 1.01. The fourth-order valence-corrected chi connectivity index (χ4v) is 3.61. The van der Waals surface area contributed by atoms with E-state index in [9.17, 15) is 9.90 Å². The minimum Gasteiger partial charge on any atom is -0.480 e. The van der Waals surface area contributed by atoms with Crippen molar-refractivity contribution in [2.45, 2.75) is 38.3 Å². The van der Waals surface area contributed by atoms with Crippen molar-refractivity contribution in [2.75, 3.05) is 6.54 Å². The molecule has 0 radical (unpaired) electrons.